The molecule has 0 bridgehead atoms. The van der Waals surface area contributed by atoms with E-state index in [-0.39, 0.29) is 5.91 Å². The number of benzene rings is 2. The zero-order chi connectivity index (χ0) is 15.4. The first-order chi connectivity index (χ1) is 10.0. The second-order valence-corrected chi connectivity index (χ2v) is 5.93. The second-order valence-electron chi connectivity index (χ2n) is 4.61. The van der Waals surface area contributed by atoms with Gasteiger partial charge >= 0.3 is 0 Å². The molecule has 1 amide bonds. The Balaban J connectivity index is 2.30. The van der Waals surface area contributed by atoms with Gasteiger partial charge in [-0.15, -0.1) is 0 Å². The molecular formula is C16H16BrClN2O. The van der Waals surface area contributed by atoms with Gasteiger partial charge in [-0.05, 0) is 37.3 Å². The van der Waals surface area contributed by atoms with Crippen LogP contribution in [0.15, 0.2) is 46.9 Å². The van der Waals surface area contributed by atoms with E-state index in [1.165, 1.54) is 0 Å². The smallest absolute Gasteiger partial charge is 0.257 e. The molecule has 1 N–H and O–H groups in total. The Kier molecular flexibility index (Phi) is 5.26. The van der Waals surface area contributed by atoms with Crippen LogP contribution in [0, 0.1) is 0 Å². The zero-order valence-electron chi connectivity index (χ0n) is 11.9. The molecule has 0 fully saturated rings. The van der Waals surface area contributed by atoms with E-state index in [1.807, 2.05) is 31.3 Å². The lowest BCUT2D eigenvalue weighted by Crippen LogP contribution is -2.20. The van der Waals surface area contributed by atoms with Gasteiger partial charge in [-0.25, -0.2) is 0 Å². The fourth-order valence-corrected chi connectivity index (χ4v) is 2.51. The monoisotopic (exact) mass is 366 g/mol. The number of anilines is 2. The Bertz CT molecular complexity index is 660. The Labute approximate surface area is 138 Å². The van der Waals surface area contributed by atoms with Gasteiger partial charge in [0.05, 0.1) is 22.0 Å². The van der Waals surface area contributed by atoms with Gasteiger partial charge in [-0.1, -0.05) is 39.7 Å². The Morgan fingerprint density at radius 2 is 2.00 bits per heavy atom. The van der Waals surface area contributed by atoms with E-state index in [1.54, 1.807) is 18.2 Å². The molecular weight excluding hydrogens is 352 g/mol. The van der Waals surface area contributed by atoms with Gasteiger partial charge in [0, 0.05) is 18.1 Å². The summed E-state index contributed by atoms with van der Waals surface area (Å²) in [5.41, 5.74) is 2.18. The van der Waals surface area contributed by atoms with Crippen LogP contribution in [-0.4, -0.2) is 19.5 Å². The number of carbonyl (C=O) groups is 1. The molecule has 0 aliphatic carbocycles. The Morgan fingerprint density at radius 1 is 1.29 bits per heavy atom. The van der Waals surface area contributed by atoms with Crippen LogP contribution in [0.3, 0.4) is 0 Å². The molecule has 0 spiro atoms. The Morgan fingerprint density at radius 3 is 2.71 bits per heavy atom. The molecule has 0 radical (unpaired) electrons. The summed E-state index contributed by atoms with van der Waals surface area (Å²) in [5.74, 6) is -0.224. The number of nitrogens with zero attached hydrogens (tertiary/aromatic N) is 1. The molecule has 0 aliphatic heterocycles. The minimum Gasteiger partial charge on any atom is -0.373 e. The maximum atomic E-state index is 12.4. The first-order valence-corrected chi connectivity index (χ1v) is 7.76. The van der Waals surface area contributed by atoms with E-state index in [0.29, 0.717) is 10.6 Å². The van der Waals surface area contributed by atoms with Gasteiger partial charge in [-0.3, -0.25) is 4.79 Å². The van der Waals surface area contributed by atoms with Crippen molar-refractivity contribution < 1.29 is 4.79 Å². The highest BCUT2D eigenvalue weighted by Crippen LogP contribution is 2.27. The molecule has 110 valence electrons. The summed E-state index contributed by atoms with van der Waals surface area (Å²) in [6.45, 7) is 2.91. The summed E-state index contributed by atoms with van der Waals surface area (Å²) < 4.78 is 0.816. The molecule has 0 saturated heterocycles. The normalized spacial score (nSPS) is 10.3. The van der Waals surface area contributed by atoms with E-state index in [9.17, 15) is 4.79 Å². The SMILES string of the molecule is CCN(C)c1ccccc1NC(=O)c1cc(Br)ccc1Cl. The second kappa shape index (κ2) is 6.96. The minimum atomic E-state index is -0.224. The number of hydrogen-bond acceptors (Lipinski definition) is 2. The van der Waals surface area contributed by atoms with Crippen molar-refractivity contribution in [3.63, 3.8) is 0 Å². The van der Waals surface area contributed by atoms with Crippen molar-refractivity contribution in [2.24, 2.45) is 0 Å². The molecule has 3 nitrogen and oxygen atoms in total. The maximum Gasteiger partial charge on any atom is 0.257 e. The predicted octanol–water partition coefficient (Wildman–Crippen LogP) is 4.81. The first kappa shape index (κ1) is 15.9. The van der Waals surface area contributed by atoms with Crippen LogP contribution in [-0.2, 0) is 0 Å². The van der Waals surface area contributed by atoms with E-state index >= 15 is 0 Å². The summed E-state index contributed by atoms with van der Waals surface area (Å²) in [7, 11) is 1.98. The highest BCUT2D eigenvalue weighted by molar-refractivity contribution is 9.10. The van der Waals surface area contributed by atoms with Crippen LogP contribution >= 0.6 is 27.5 Å². The average Bonchev–Trinajstić information content (AvgIpc) is 2.49. The number of amides is 1. The summed E-state index contributed by atoms with van der Waals surface area (Å²) in [6.07, 6.45) is 0. The van der Waals surface area contributed by atoms with Crippen molar-refractivity contribution in [2.45, 2.75) is 6.92 Å². The van der Waals surface area contributed by atoms with E-state index in [4.69, 9.17) is 11.6 Å². The van der Waals surface area contributed by atoms with Crippen molar-refractivity contribution in [3.05, 3.63) is 57.5 Å². The third-order valence-corrected chi connectivity index (χ3v) is 4.03. The van der Waals surface area contributed by atoms with Crippen LogP contribution in [0.4, 0.5) is 11.4 Å². The van der Waals surface area contributed by atoms with Crippen molar-refractivity contribution in [2.75, 3.05) is 23.8 Å². The lowest BCUT2D eigenvalue weighted by atomic mass is 10.2. The lowest BCUT2D eigenvalue weighted by Gasteiger charge is -2.21. The van der Waals surface area contributed by atoms with Gasteiger partial charge < -0.3 is 10.2 Å². The quantitative estimate of drug-likeness (QED) is 0.841. The van der Waals surface area contributed by atoms with E-state index in [2.05, 4.69) is 33.1 Å². The van der Waals surface area contributed by atoms with Crippen LogP contribution in [0.25, 0.3) is 0 Å². The molecule has 5 heteroatoms. The standard InChI is InChI=1S/C16H16BrClN2O/c1-3-20(2)15-7-5-4-6-14(15)19-16(21)12-10-11(17)8-9-13(12)18/h4-10H,3H2,1-2H3,(H,19,21). The first-order valence-electron chi connectivity index (χ1n) is 6.59. The largest absolute Gasteiger partial charge is 0.373 e. The molecule has 0 heterocycles. The lowest BCUT2D eigenvalue weighted by molar-refractivity contribution is 0.102. The van der Waals surface area contributed by atoms with Crippen molar-refractivity contribution in [1.82, 2.24) is 0 Å². The van der Waals surface area contributed by atoms with Crippen LogP contribution in [0.1, 0.15) is 17.3 Å². The highest BCUT2D eigenvalue weighted by Gasteiger charge is 2.14. The summed E-state index contributed by atoms with van der Waals surface area (Å²) in [4.78, 5) is 14.5. The number of nitrogens with one attached hydrogen (secondary N) is 1. The van der Waals surface area contributed by atoms with Crippen molar-refractivity contribution >= 4 is 44.8 Å². The number of carbonyl (C=O) groups excluding carboxylic acids is 1. The molecule has 0 aliphatic rings. The van der Waals surface area contributed by atoms with Gasteiger partial charge in [0.15, 0.2) is 0 Å². The minimum absolute atomic E-state index is 0.224. The van der Waals surface area contributed by atoms with E-state index < -0.39 is 0 Å². The van der Waals surface area contributed by atoms with Crippen molar-refractivity contribution in [1.29, 1.82) is 0 Å². The van der Waals surface area contributed by atoms with Crippen LogP contribution in [0.5, 0.6) is 0 Å². The van der Waals surface area contributed by atoms with Gasteiger partial charge in [0.25, 0.3) is 5.91 Å². The number of halogens is 2. The molecule has 0 aromatic heterocycles. The zero-order valence-corrected chi connectivity index (χ0v) is 14.2. The fraction of sp³-hybridized carbons (Fsp3) is 0.188. The third-order valence-electron chi connectivity index (χ3n) is 3.21. The predicted molar refractivity (Wildman–Crippen MR) is 92.5 cm³/mol. The van der Waals surface area contributed by atoms with Gasteiger partial charge in [-0.2, -0.15) is 0 Å². The molecule has 2 rings (SSSR count). The molecule has 2 aromatic carbocycles. The molecule has 0 atom stereocenters. The molecule has 21 heavy (non-hydrogen) atoms. The van der Waals surface area contributed by atoms with E-state index in [0.717, 1.165) is 22.4 Å². The highest BCUT2D eigenvalue weighted by atomic mass is 79.9. The third kappa shape index (κ3) is 3.77. The number of para-hydroxylation sites is 2. The maximum absolute atomic E-state index is 12.4. The van der Waals surface area contributed by atoms with Gasteiger partial charge in [0.2, 0.25) is 0 Å². The topological polar surface area (TPSA) is 32.3 Å². The Hall–Kier alpha value is -1.52. The molecule has 0 saturated carbocycles. The van der Waals surface area contributed by atoms with Crippen LogP contribution < -0.4 is 10.2 Å². The van der Waals surface area contributed by atoms with Crippen LogP contribution in [0.2, 0.25) is 5.02 Å². The number of rotatable bonds is 4. The molecule has 0 unspecified atom stereocenters. The average molecular weight is 368 g/mol. The summed E-state index contributed by atoms with van der Waals surface area (Å²) >= 11 is 9.45. The fourth-order valence-electron chi connectivity index (χ4n) is 1.94. The summed E-state index contributed by atoms with van der Waals surface area (Å²) in [6, 6.07) is 12.9. The van der Waals surface area contributed by atoms with Crippen molar-refractivity contribution in [3.8, 4) is 0 Å². The summed E-state index contributed by atoms with van der Waals surface area (Å²) in [5, 5.41) is 3.35. The van der Waals surface area contributed by atoms with Gasteiger partial charge in [0.1, 0.15) is 0 Å². The number of hydrogen-bond donors (Lipinski definition) is 1. The molecule has 2 aromatic rings.